The fourth-order valence-corrected chi connectivity index (χ4v) is 2.65. The molecule has 1 aromatic heterocycles. The number of benzene rings is 1. The first-order valence-corrected chi connectivity index (χ1v) is 8.65. The molecule has 2 rings (SSSR count). The van der Waals surface area contributed by atoms with Crippen molar-refractivity contribution in [2.45, 2.75) is 25.8 Å². The molecule has 1 N–H and O–H groups in total. The van der Waals surface area contributed by atoms with Crippen LogP contribution in [0.5, 0.6) is 0 Å². The highest BCUT2D eigenvalue weighted by Gasteiger charge is 2.12. The van der Waals surface area contributed by atoms with Gasteiger partial charge in [-0.25, -0.2) is 0 Å². The first-order valence-electron chi connectivity index (χ1n) is 6.78. The van der Waals surface area contributed by atoms with Crippen molar-refractivity contribution < 1.29 is 0 Å². The van der Waals surface area contributed by atoms with Gasteiger partial charge in [-0.05, 0) is 81.3 Å². The number of nitrogens with zero attached hydrogens (tertiary/aromatic N) is 1. The van der Waals surface area contributed by atoms with E-state index in [1.54, 1.807) is 0 Å². The molecule has 0 saturated heterocycles. The number of pyridine rings is 1. The molecule has 0 aliphatic rings. The first-order chi connectivity index (χ1) is 9.69. The Morgan fingerprint density at radius 3 is 2.55 bits per heavy atom. The van der Waals surface area contributed by atoms with Gasteiger partial charge in [0.2, 0.25) is 0 Å². The molecule has 1 heterocycles. The predicted octanol–water partition coefficient (Wildman–Crippen LogP) is 4.73. The van der Waals surface area contributed by atoms with Crippen molar-refractivity contribution in [1.29, 1.82) is 0 Å². The topological polar surface area (TPSA) is 24.9 Å². The fourth-order valence-electron chi connectivity index (χ4n) is 2.06. The first kappa shape index (κ1) is 15.9. The molecule has 1 unspecified atom stereocenters. The number of nitrogens with one attached hydrogen (secondary N) is 1. The van der Waals surface area contributed by atoms with E-state index in [-0.39, 0.29) is 0 Å². The van der Waals surface area contributed by atoms with E-state index in [4.69, 9.17) is 0 Å². The van der Waals surface area contributed by atoms with Crippen LogP contribution in [0.25, 0.3) is 0 Å². The fraction of sp³-hybridized carbons (Fsp3) is 0.312. The van der Waals surface area contributed by atoms with E-state index in [9.17, 15) is 0 Å². The van der Waals surface area contributed by atoms with Gasteiger partial charge in [0.25, 0.3) is 0 Å². The molecule has 20 heavy (non-hydrogen) atoms. The van der Waals surface area contributed by atoms with Crippen molar-refractivity contribution in [2.24, 2.45) is 0 Å². The van der Waals surface area contributed by atoms with Gasteiger partial charge in [0.1, 0.15) is 0 Å². The summed E-state index contributed by atoms with van der Waals surface area (Å²) >= 11 is 5.77. The number of aromatic nitrogens is 1. The second kappa shape index (κ2) is 8.10. The largest absolute Gasteiger partial charge is 0.310 e. The summed E-state index contributed by atoms with van der Waals surface area (Å²) in [5.41, 5.74) is 2.43. The van der Waals surface area contributed by atoms with Crippen LogP contribution in [-0.4, -0.2) is 11.5 Å². The quantitative estimate of drug-likeness (QED) is 0.651. The Kier molecular flexibility index (Phi) is 6.45. The molecule has 0 radical (unpaired) electrons. The summed E-state index contributed by atoms with van der Waals surface area (Å²) in [5.74, 6) is 0. The zero-order chi connectivity index (χ0) is 14.4. The van der Waals surface area contributed by atoms with Gasteiger partial charge >= 0.3 is 0 Å². The highest BCUT2D eigenvalue weighted by Crippen LogP contribution is 2.20. The van der Waals surface area contributed by atoms with Gasteiger partial charge in [0.15, 0.2) is 0 Å². The van der Waals surface area contributed by atoms with Crippen molar-refractivity contribution in [3.63, 3.8) is 0 Å². The lowest BCUT2D eigenvalue weighted by molar-refractivity contribution is 0.524. The third-order valence-electron chi connectivity index (χ3n) is 3.12. The van der Waals surface area contributed by atoms with Crippen LogP contribution in [0.15, 0.2) is 47.1 Å². The van der Waals surface area contributed by atoms with Crippen LogP contribution >= 0.6 is 38.5 Å². The summed E-state index contributed by atoms with van der Waals surface area (Å²) in [5, 5.41) is 3.61. The van der Waals surface area contributed by atoms with Crippen molar-refractivity contribution >= 4 is 38.5 Å². The molecule has 0 amide bonds. The Bertz CT molecular complexity index is 525. The van der Waals surface area contributed by atoms with Crippen LogP contribution in [-0.2, 0) is 6.42 Å². The minimum atomic E-state index is 0.320. The summed E-state index contributed by atoms with van der Waals surface area (Å²) in [7, 11) is 0. The molecule has 2 aromatic rings. The summed E-state index contributed by atoms with van der Waals surface area (Å²) in [6.45, 7) is 3.21. The molecular weight excluding hydrogens is 427 g/mol. The maximum absolute atomic E-state index is 4.48. The highest BCUT2D eigenvalue weighted by molar-refractivity contribution is 14.1. The minimum absolute atomic E-state index is 0.320. The van der Waals surface area contributed by atoms with E-state index in [1.807, 2.05) is 12.3 Å². The lowest BCUT2D eigenvalue weighted by Gasteiger charge is -2.19. The monoisotopic (exact) mass is 444 g/mol. The second-order valence-corrected chi connectivity index (χ2v) is 6.89. The smallest absolute Gasteiger partial charge is 0.0423 e. The molecule has 0 saturated carbocycles. The van der Waals surface area contributed by atoms with Crippen LogP contribution in [0.2, 0.25) is 0 Å². The predicted molar refractivity (Wildman–Crippen MR) is 95.8 cm³/mol. The van der Waals surface area contributed by atoms with Gasteiger partial charge in [0, 0.05) is 32.4 Å². The second-order valence-electron chi connectivity index (χ2n) is 4.73. The molecular formula is C16H18BrIN2. The standard InChI is InChI=1S/C16H18BrIN2/c1-2-9-19-16(12-3-6-14(18)7-4-12)10-15-8-5-13(17)11-20-15/h3-8,11,16,19H,2,9-10H2,1H3. The van der Waals surface area contributed by atoms with E-state index in [2.05, 4.69) is 86.1 Å². The van der Waals surface area contributed by atoms with Gasteiger partial charge in [0.05, 0.1) is 0 Å². The van der Waals surface area contributed by atoms with Crippen molar-refractivity contribution in [2.75, 3.05) is 6.54 Å². The molecule has 106 valence electrons. The molecule has 0 aliphatic carbocycles. The summed E-state index contributed by atoms with van der Waals surface area (Å²) in [6.07, 6.45) is 3.91. The van der Waals surface area contributed by atoms with Crippen molar-refractivity contribution in [3.8, 4) is 0 Å². The number of rotatable bonds is 6. The number of halogens is 2. The maximum Gasteiger partial charge on any atom is 0.0423 e. The normalized spacial score (nSPS) is 12.3. The van der Waals surface area contributed by atoms with Crippen LogP contribution in [0.3, 0.4) is 0 Å². The Hall–Kier alpha value is -0.460. The summed E-state index contributed by atoms with van der Waals surface area (Å²) in [6, 6.07) is 13.2. The van der Waals surface area contributed by atoms with Gasteiger partial charge < -0.3 is 5.32 Å². The Labute approximate surface area is 142 Å². The van der Waals surface area contributed by atoms with Crippen LogP contribution in [0, 0.1) is 3.57 Å². The average Bonchev–Trinajstić information content (AvgIpc) is 2.46. The summed E-state index contributed by atoms with van der Waals surface area (Å²) in [4.78, 5) is 4.48. The lowest BCUT2D eigenvalue weighted by atomic mass is 10.0. The zero-order valence-electron chi connectivity index (χ0n) is 11.4. The molecule has 2 nitrogen and oxygen atoms in total. The molecule has 0 spiro atoms. The van der Waals surface area contributed by atoms with E-state index in [0.29, 0.717) is 6.04 Å². The molecule has 0 fully saturated rings. The van der Waals surface area contributed by atoms with E-state index in [0.717, 1.165) is 29.6 Å². The van der Waals surface area contributed by atoms with Crippen molar-refractivity contribution in [3.05, 3.63) is 61.9 Å². The van der Waals surface area contributed by atoms with Gasteiger partial charge in [-0.15, -0.1) is 0 Å². The zero-order valence-corrected chi connectivity index (χ0v) is 15.2. The third kappa shape index (κ3) is 4.82. The number of hydrogen-bond donors (Lipinski definition) is 1. The number of hydrogen-bond acceptors (Lipinski definition) is 2. The molecule has 0 bridgehead atoms. The van der Waals surface area contributed by atoms with E-state index >= 15 is 0 Å². The van der Waals surface area contributed by atoms with Gasteiger partial charge in [-0.1, -0.05) is 19.1 Å². The summed E-state index contributed by atoms with van der Waals surface area (Å²) < 4.78 is 2.29. The molecule has 4 heteroatoms. The lowest BCUT2D eigenvalue weighted by Crippen LogP contribution is -2.24. The van der Waals surface area contributed by atoms with Crippen LogP contribution in [0.4, 0.5) is 0 Å². The molecule has 0 aliphatic heterocycles. The third-order valence-corrected chi connectivity index (χ3v) is 4.30. The SMILES string of the molecule is CCCNC(Cc1ccc(Br)cn1)c1ccc(I)cc1. The Morgan fingerprint density at radius 1 is 1.20 bits per heavy atom. The maximum atomic E-state index is 4.48. The van der Waals surface area contributed by atoms with Gasteiger partial charge in [-0.2, -0.15) is 0 Å². The average molecular weight is 445 g/mol. The Balaban J connectivity index is 2.14. The van der Waals surface area contributed by atoms with E-state index in [1.165, 1.54) is 9.13 Å². The molecule has 1 atom stereocenters. The van der Waals surface area contributed by atoms with Crippen LogP contribution in [0.1, 0.15) is 30.6 Å². The van der Waals surface area contributed by atoms with Gasteiger partial charge in [-0.3, -0.25) is 4.98 Å². The molecule has 1 aromatic carbocycles. The highest BCUT2D eigenvalue weighted by atomic mass is 127. The Morgan fingerprint density at radius 2 is 1.95 bits per heavy atom. The minimum Gasteiger partial charge on any atom is -0.310 e. The van der Waals surface area contributed by atoms with Crippen LogP contribution < -0.4 is 5.32 Å². The van der Waals surface area contributed by atoms with Crippen molar-refractivity contribution in [1.82, 2.24) is 10.3 Å². The van der Waals surface area contributed by atoms with E-state index < -0.39 is 0 Å².